The molecule has 0 heterocycles. The molecular formula is C17H26N2. The number of rotatable bonds is 6. The molecule has 3 unspecified atom stereocenters. The lowest BCUT2D eigenvalue weighted by molar-refractivity contribution is 0.333. The van der Waals surface area contributed by atoms with Gasteiger partial charge >= 0.3 is 0 Å². The largest absolute Gasteiger partial charge is 0.371 e. The fourth-order valence-electron chi connectivity index (χ4n) is 4.13. The number of nitrogens with two attached hydrogens (primary N) is 1. The zero-order valence-electron chi connectivity index (χ0n) is 11.8. The molecule has 2 fully saturated rings. The van der Waals surface area contributed by atoms with E-state index in [0.29, 0.717) is 0 Å². The molecule has 2 aliphatic rings. The van der Waals surface area contributed by atoms with Crippen LogP contribution < -0.4 is 10.6 Å². The number of anilines is 1. The first kappa shape index (κ1) is 13.0. The van der Waals surface area contributed by atoms with E-state index in [4.69, 9.17) is 5.73 Å². The summed E-state index contributed by atoms with van der Waals surface area (Å²) in [5.74, 6) is 2.98. The van der Waals surface area contributed by atoms with E-state index in [1.54, 1.807) is 0 Å². The van der Waals surface area contributed by atoms with Crippen LogP contribution in [0.2, 0.25) is 0 Å². The molecule has 2 saturated carbocycles. The molecule has 1 aromatic carbocycles. The van der Waals surface area contributed by atoms with Crippen LogP contribution in [0.25, 0.3) is 0 Å². The Kier molecular flexibility index (Phi) is 4.07. The van der Waals surface area contributed by atoms with Crippen molar-refractivity contribution >= 4 is 5.69 Å². The van der Waals surface area contributed by atoms with Crippen molar-refractivity contribution in [3.05, 3.63) is 30.3 Å². The van der Waals surface area contributed by atoms with Crippen molar-refractivity contribution < 1.29 is 0 Å². The molecule has 0 aromatic heterocycles. The van der Waals surface area contributed by atoms with Gasteiger partial charge in [0.05, 0.1) is 0 Å². The molecule has 2 bridgehead atoms. The van der Waals surface area contributed by atoms with Gasteiger partial charge < -0.3 is 10.6 Å². The maximum absolute atomic E-state index is 5.70. The number of fused-ring (bicyclic) bond motifs is 2. The molecule has 1 aromatic rings. The zero-order chi connectivity index (χ0) is 13.1. The lowest BCUT2D eigenvalue weighted by Gasteiger charge is -2.31. The van der Waals surface area contributed by atoms with Crippen LogP contribution in [0.4, 0.5) is 5.69 Å². The van der Waals surface area contributed by atoms with Gasteiger partial charge in [0.25, 0.3) is 0 Å². The molecule has 2 N–H and O–H groups in total. The second kappa shape index (κ2) is 5.96. The van der Waals surface area contributed by atoms with Crippen molar-refractivity contribution in [2.75, 3.05) is 24.5 Å². The first-order valence-corrected chi connectivity index (χ1v) is 7.87. The van der Waals surface area contributed by atoms with Gasteiger partial charge in [0.15, 0.2) is 0 Å². The van der Waals surface area contributed by atoms with E-state index in [-0.39, 0.29) is 0 Å². The Bertz CT molecular complexity index is 390. The molecule has 0 amide bonds. The molecule has 0 radical (unpaired) electrons. The number of benzene rings is 1. The van der Waals surface area contributed by atoms with Crippen molar-refractivity contribution in [2.24, 2.45) is 23.5 Å². The second-order valence-electron chi connectivity index (χ2n) is 6.36. The van der Waals surface area contributed by atoms with Crippen LogP contribution in [0.15, 0.2) is 30.3 Å². The molecule has 2 aliphatic carbocycles. The second-order valence-corrected chi connectivity index (χ2v) is 6.36. The summed E-state index contributed by atoms with van der Waals surface area (Å²) in [5.41, 5.74) is 7.07. The first-order chi connectivity index (χ1) is 9.36. The van der Waals surface area contributed by atoms with Crippen LogP contribution >= 0.6 is 0 Å². The third-order valence-corrected chi connectivity index (χ3v) is 5.09. The third kappa shape index (κ3) is 2.94. The van der Waals surface area contributed by atoms with Crippen molar-refractivity contribution in [3.63, 3.8) is 0 Å². The summed E-state index contributed by atoms with van der Waals surface area (Å²) in [7, 11) is 0. The Morgan fingerprint density at radius 3 is 2.58 bits per heavy atom. The fourth-order valence-corrected chi connectivity index (χ4v) is 4.13. The van der Waals surface area contributed by atoms with Crippen LogP contribution in [0.1, 0.15) is 32.1 Å². The summed E-state index contributed by atoms with van der Waals surface area (Å²) in [5, 5.41) is 0. The molecule has 0 aliphatic heterocycles. The maximum atomic E-state index is 5.70. The molecular weight excluding hydrogens is 232 g/mol. The molecule has 19 heavy (non-hydrogen) atoms. The van der Waals surface area contributed by atoms with Crippen molar-refractivity contribution in [1.29, 1.82) is 0 Å². The van der Waals surface area contributed by atoms with Gasteiger partial charge in [-0.2, -0.15) is 0 Å². The zero-order valence-corrected chi connectivity index (χ0v) is 11.8. The smallest absolute Gasteiger partial charge is 0.0366 e. The van der Waals surface area contributed by atoms with E-state index < -0.39 is 0 Å². The highest BCUT2D eigenvalue weighted by Crippen LogP contribution is 2.48. The van der Waals surface area contributed by atoms with Crippen molar-refractivity contribution in [1.82, 2.24) is 0 Å². The van der Waals surface area contributed by atoms with Crippen molar-refractivity contribution in [3.8, 4) is 0 Å². The average molecular weight is 258 g/mol. The van der Waals surface area contributed by atoms with Gasteiger partial charge in [-0.25, -0.2) is 0 Å². The van der Waals surface area contributed by atoms with Gasteiger partial charge in [0, 0.05) is 18.8 Å². The van der Waals surface area contributed by atoms with Crippen molar-refractivity contribution in [2.45, 2.75) is 32.1 Å². The van der Waals surface area contributed by atoms with Crippen LogP contribution in [0.3, 0.4) is 0 Å². The summed E-state index contributed by atoms with van der Waals surface area (Å²) in [6.45, 7) is 3.14. The van der Waals surface area contributed by atoms with E-state index >= 15 is 0 Å². The van der Waals surface area contributed by atoms with Gasteiger partial charge in [-0.1, -0.05) is 24.6 Å². The van der Waals surface area contributed by atoms with E-state index in [0.717, 1.165) is 37.3 Å². The van der Waals surface area contributed by atoms with E-state index in [9.17, 15) is 0 Å². The Balaban J connectivity index is 1.66. The van der Waals surface area contributed by atoms with E-state index in [2.05, 4.69) is 35.2 Å². The molecule has 2 heteroatoms. The predicted octanol–water partition coefficient (Wildman–Crippen LogP) is 3.28. The third-order valence-electron chi connectivity index (χ3n) is 5.09. The Hall–Kier alpha value is -1.02. The maximum Gasteiger partial charge on any atom is 0.0366 e. The Morgan fingerprint density at radius 1 is 1.11 bits per heavy atom. The van der Waals surface area contributed by atoms with Crippen LogP contribution in [-0.4, -0.2) is 19.6 Å². The van der Waals surface area contributed by atoms with Gasteiger partial charge in [-0.05, 0) is 62.1 Å². The minimum Gasteiger partial charge on any atom is -0.371 e. The summed E-state index contributed by atoms with van der Waals surface area (Å²) in [6.07, 6.45) is 7.04. The van der Waals surface area contributed by atoms with E-state index in [1.165, 1.54) is 37.9 Å². The summed E-state index contributed by atoms with van der Waals surface area (Å²) in [4.78, 5) is 2.57. The summed E-state index contributed by atoms with van der Waals surface area (Å²) in [6, 6.07) is 10.9. The number of hydrogen-bond acceptors (Lipinski definition) is 2. The molecule has 2 nitrogen and oxygen atoms in total. The highest BCUT2D eigenvalue weighted by Gasteiger charge is 2.39. The normalized spacial score (nSPS) is 28.8. The first-order valence-electron chi connectivity index (χ1n) is 7.87. The monoisotopic (exact) mass is 258 g/mol. The molecule has 3 atom stereocenters. The predicted molar refractivity (Wildman–Crippen MR) is 81.3 cm³/mol. The number of hydrogen-bond donors (Lipinski definition) is 1. The van der Waals surface area contributed by atoms with Gasteiger partial charge in [-0.15, -0.1) is 0 Å². The topological polar surface area (TPSA) is 29.3 Å². The van der Waals surface area contributed by atoms with Gasteiger partial charge in [0.2, 0.25) is 0 Å². The summed E-state index contributed by atoms with van der Waals surface area (Å²) < 4.78 is 0. The van der Waals surface area contributed by atoms with Crippen LogP contribution in [0.5, 0.6) is 0 Å². The summed E-state index contributed by atoms with van der Waals surface area (Å²) >= 11 is 0. The SMILES string of the molecule is NCCCN(CC1CC2CCC1C2)c1ccccc1. The molecule has 0 spiro atoms. The molecule has 3 rings (SSSR count). The standard InChI is InChI=1S/C17H26N2/c18-9-4-10-19(17-5-2-1-3-6-17)13-16-12-14-7-8-15(16)11-14/h1-3,5-6,14-16H,4,7-13,18H2. The van der Waals surface area contributed by atoms with Gasteiger partial charge in [-0.3, -0.25) is 0 Å². The minimum absolute atomic E-state index is 0.792. The number of para-hydroxylation sites is 1. The highest BCUT2D eigenvalue weighted by atomic mass is 15.1. The lowest BCUT2D eigenvalue weighted by atomic mass is 9.88. The average Bonchev–Trinajstić information content (AvgIpc) is 3.07. The Labute approximate surface area is 117 Å². The van der Waals surface area contributed by atoms with E-state index in [1.807, 2.05) is 0 Å². The molecule has 104 valence electrons. The van der Waals surface area contributed by atoms with Crippen LogP contribution in [-0.2, 0) is 0 Å². The van der Waals surface area contributed by atoms with Crippen LogP contribution in [0, 0.1) is 17.8 Å². The minimum atomic E-state index is 0.792. The molecule has 0 saturated heterocycles. The fraction of sp³-hybridized carbons (Fsp3) is 0.647. The number of nitrogens with zero attached hydrogens (tertiary/aromatic N) is 1. The quantitative estimate of drug-likeness (QED) is 0.848. The highest BCUT2D eigenvalue weighted by molar-refractivity contribution is 5.46. The Morgan fingerprint density at radius 2 is 1.95 bits per heavy atom. The lowest BCUT2D eigenvalue weighted by Crippen LogP contribution is -2.33. The van der Waals surface area contributed by atoms with Gasteiger partial charge in [0.1, 0.15) is 0 Å².